The Morgan fingerprint density at radius 1 is 1.14 bits per heavy atom. The van der Waals surface area contributed by atoms with Crippen LogP contribution in [0, 0.1) is 17.5 Å². The molecule has 0 aliphatic heterocycles. The lowest BCUT2D eigenvalue weighted by atomic mass is 9.87. The van der Waals surface area contributed by atoms with Crippen LogP contribution in [0.15, 0.2) is 12.1 Å². The average molecular weight is 303 g/mol. The number of benzene rings is 1. The predicted molar refractivity (Wildman–Crippen MR) is 77.7 cm³/mol. The van der Waals surface area contributed by atoms with Gasteiger partial charge in [-0.1, -0.05) is 19.9 Å². The highest BCUT2D eigenvalue weighted by molar-refractivity contribution is 5.26. The molecule has 0 aliphatic carbocycles. The highest BCUT2D eigenvalue weighted by Gasteiger charge is 2.36. The van der Waals surface area contributed by atoms with Gasteiger partial charge in [-0.15, -0.1) is 0 Å². The monoisotopic (exact) mass is 303 g/mol. The summed E-state index contributed by atoms with van der Waals surface area (Å²) in [6.45, 7) is 8.70. The minimum Gasteiger partial charge on any atom is -0.374 e. The van der Waals surface area contributed by atoms with E-state index >= 15 is 0 Å². The van der Waals surface area contributed by atoms with Crippen molar-refractivity contribution in [3.05, 3.63) is 35.1 Å². The van der Waals surface area contributed by atoms with Crippen LogP contribution in [0.5, 0.6) is 0 Å². The average Bonchev–Trinajstić information content (AvgIpc) is 2.47. The van der Waals surface area contributed by atoms with Gasteiger partial charge in [0.2, 0.25) is 0 Å². The number of hydrogen-bond donors (Lipinski definition) is 1. The van der Waals surface area contributed by atoms with Crippen molar-refractivity contribution in [1.29, 1.82) is 0 Å². The minimum absolute atomic E-state index is 0.0974. The zero-order chi connectivity index (χ0) is 16.0. The molecule has 120 valence electrons. The van der Waals surface area contributed by atoms with Crippen LogP contribution in [-0.4, -0.2) is 18.8 Å². The van der Waals surface area contributed by atoms with E-state index in [9.17, 15) is 13.2 Å². The van der Waals surface area contributed by atoms with E-state index in [1.807, 2.05) is 27.7 Å². The summed E-state index contributed by atoms with van der Waals surface area (Å²) in [7, 11) is 0. The Bertz CT molecular complexity index is 467. The Kier molecular flexibility index (Phi) is 6.68. The number of nitrogens with one attached hydrogen (secondary N) is 1. The molecule has 1 rings (SSSR count). The summed E-state index contributed by atoms with van der Waals surface area (Å²) >= 11 is 0. The first-order chi connectivity index (χ1) is 9.91. The molecule has 2 atom stereocenters. The molecule has 0 aromatic heterocycles. The quantitative estimate of drug-likeness (QED) is 0.721. The normalized spacial score (nSPS) is 15.8. The maximum atomic E-state index is 14.1. The number of halogens is 3. The van der Waals surface area contributed by atoms with Crippen LogP contribution in [0.2, 0.25) is 0 Å². The van der Waals surface area contributed by atoms with Gasteiger partial charge in [0.25, 0.3) is 0 Å². The third kappa shape index (κ3) is 3.98. The maximum absolute atomic E-state index is 14.1. The number of ether oxygens (including phenoxy) is 1. The van der Waals surface area contributed by atoms with E-state index < -0.39 is 29.1 Å². The van der Waals surface area contributed by atoms with Gasteiger partial charge in [0.1, 0.15) is 0 Å². The van der Waals surface area contributed by atoms with E-state index in [0.717, 1.165) is 12.5 Å². The SMILES string of the molecule is CCCNC(c1ccc(F)c(F)c1F)C(C)(CC)OCC. The van der Waals surface area contributed by atoms with Crippen LogP contribution in [0.25, 0.3) is 0 Å². The summed E-state index contributed by atoms with van der Waals surface area (Å²) in [5.74, 6) is -3.77. The Morgan fingerprint density at radius 3 is 2.33 bits per heavy atom. The fourth-order valence-electron chi connectivity index (χ4n) is 2.43. The topological polar surface area (TPSA) is 21.3 Å². The van der Waals surface area contributed by atoms with Crippen LogP contribution in [-0.2, 0) is 4.74 Å². The van der Waals surface area contributed by atoms with Crippen molar-refractivity contribution < 1.29 is 17.9 Å². The first-order valence-electron chi connectivity index (χ1n) is 7.41. The van der Waals surface area contributed by atoms with Crippen LogP contribution >= 0.6 is 0 Å². The molecule has 1 aromatic rings. The lowest BCUT2D eigenvalue weighted by Gasteiger charge is -2.38. The minimum atomic E-state index is -1.44. The van der Waals surface area contributed by atoms with Gasteiger partial charge in [-0.05, 0) is 39.3 Å². The zero-order valence-electron chi connectivity index (χ0n) is 13.1. The van der Waals surface area contributed by atoms with E-state index in [4.69, 9.17) is 4.74 Å². The molecule has 0 spiro atoms. The molecule has 0 saturated heterocycles. The Hall–Kier alpha value is -1.07. The van der Waals surface area contributed by atoms with E-state index in [2.05, 4.69) is 5.32 Å². The fraction of sp³-hybridized carbons (Fsp3) is 0.625. The number of rotatable bonds is 8. The summed E-state index contributed by atoms with van der Waals surface area (Å²) < 4.78 is 46.6. The molecule has 21 heavy (non-hydrogen) atoms. The van der Waals surface area contributed by atoms with Crippen molar-refractivity contribution in [2.75, 3.05) is 13.2 Å². The molecule has 1 N–H and O–H groups in total. The zero-order valence-corrected chi connectivity index (χ0v) is 13.1. The fourth-order valence-corrected chi connectivity index (χ4v) is 2.43. The molecule has 0 amide bonds. The van der Waals surface area contributed by atoms with Crippen LogP contribution in [0.1, 0.15) is 52.1 Å². The third-order valence-corrected chi connectivity index (χ3v) is 3.76. The van der Waals surface area contributed by atoms with Gasteiger partial charge < -0.3 is 10.1 Å². The molecular formula is C16H24F3NO. The Balaban J connectivity index is 3.27. The summed E-state index contributed by atoms with van der Waals surface area (Å²) in [6, 6.07) is 1.70. The van der Waals surface area contributed by atoms with Crippen LogP contribution < -0.4 is 5.32 Å². The molecule has 0 fully saturated rings. The van der Waals surface area contributed by atoms with Gasteiger partial charge in [-0.25, -0.2) is 13.2 Å². The number of hydrogen-bond acceptors (Lipinski definition) is 2. The molecule has 2 unspecified atom stereocenters. The lowest BCUT2D eigenvalue weighted by molar-refractivity contribution is -0.0571. The largest absolute Gasteiger partial charge is 0.374 e. The van der Waals surface area contributed by atoms with Gasteiger partial charge in [-0.2, -0.15) is 0 Å². The smallest absolute Gasteiger partial charge is 0.194 e. The van der Waals surface area contributed by atoms with E-state index in [1.54, 1.807) is 0 Å². The summed E-state index contributed by atoms with van der Waals surface area (Å²) in [5, 5.41) is 3.20. The van der Waals surface area contributed by atoms with E-state index in [0.29, 0.717) is 19.6 Å². The molecule has 5 heteroatoms. The van der Waals surface area contributed by atoms with Crippen molar-refractivity contribution >= 4 is 0 Å². The van der Waals surface area contributed by atoms with Gasteiger partial charge in [0, 0.05) is 12.2 Å². The molecule has 0 aliphatic rings. The second-order valence-electron chi connectivity index (χ2n) is 5.25. The summed E-state index contributed by atoms with van der Waals surface area (Å²) in [6.07, 6.45) is 1.45. The molecule has 0 heterocycles. The third-order valence-electron chi connectivity index (χ3n) is 3.76. The maximum Gasteiger partial charge on any atom is 0.194 e. The molecule has 0 saturated carbocycles. The van der Waals surface area contributed by atoms with Crippen molar-refractivity contribution in [1.82, 2.24) is 5.32 Å². The predicted octanol–water partition coefficient (Wildman–Crippen LogP) is 4.35. The van der Waals surface area contributed by atoms with Crippen molar-refractivity contribution in [3.63, 3.8) is 0 Å². The van der Waals surface area contributed by atoms with Gasteiger partial charge in [0.15, 0.2) is 17.5 Å². The van der Waals surface area contributed by atoms with Gasteiger partial charge in [0.05, 0.1) is 11.6 Å². The van der Waals surface area contributed by atoms with Crippen molar-refractivity contribution in [2.24, 2.45) is 0 Å². The molecule has 2 nitrogen and oxygen atoms in total. The van der Waals surface area contributed by atoms with Crippen LogP contribution in [0.3, 0.4) is 0 Å². The molecule has 0 radical (unpaired) electrons. The van der Waals surface area contributed by atoms with E-state index in [1.165, 1.54) is 6.07 Å². The second kappa shape index (κ2) is 7.80. The Labute approximate surface area is 124 Å². The first-order valence-corrected chi connectivity index (χ1v) is 7.41. The molecule has 1 aromatic carbocycles. The van der Waals surface area contributed by atoms with Gasteiger partial charge >= 0.3 is 0 Å². The standard InChI is InChI=1S/C16H24F3NO/c1-5-10-20-15(16(4,6-2)21-7-3)11-8-9-12(17)14(19)13(11)18/h8-9,15,20H,5-7,10H2,1-4H3. The lowest BCUT2D eigenvalue weighted by Crippen LogP contribution is -2.44. The molecule has 0 bridgehead atoms. The highest BCUT2D eigenvalue weighted by Crippen LogP contribution is 2.34. The van der Waals surface area contributed by atoms with Crippen LogP contribution in [0.4, 0.5) is 13.2 Å². The van der Waals surface area contributed by atoms with Crippen molar-refractivity contribution in [3.8, 4) is 0 Å². The first kappa shape index (κ1) is 18.0. The highest BCUT2D eigenvalue weighted by atomic mass is 19.2. The van der Waals surface area contributed by atoms with Gasteiger partial charge in [-0.3, -0.25) is 0 Å². The second-order valence-corrected chi connectivity index (χ2v) is 5.25. The van der Waals surface area contributed by atoms with Crippen molar-refractivity contribution in [2.45, 2.75) is 52.2 Å². The molecular weight excluding hydrogens is 279 g/mol. The summed E-state index contributed by atoms with van der Waals surface area (Å²) in [5.41, 5.74) is -0.602. The summed E-state index contributed by atoms with van der Waals surface area (Å²) in [4.78, 5) is 0. The Morgan fingerprint density at radius 2 is 1.81 bits per heavy atom. The van der Waals surface area contributed by atoms with E-state index in [-0.39, 0.29) is 5.56 Å².